The molecule has 1 amide bonds. The van der Waals surface area contributed by atoms with Crippen molar-refractivity contribution < 1.29 is 9.90 Å². The van der Waals surface area contributed by atoms with E-state index in [9.17, 15) is 9.90 Å². The Morgan fingerprint density at radius 1 is 1.10 bits per heavy atom. The van der Waals surface area contributed by atoms with Crippen molar-refractivity contribution in [3.8, 4) is 5.75 Å². The summed E-state index contributed by atoms with van der Waals surface area (Å²) in [5, 5.41) is 9.33. The Labute approximate surface area is 123 Å². The van der Waals surface area contributed by atoms with Crippen LogP contribution >= 0.6 is 0 Å². The van der Waals surface area contributed by atoms with E-state index in [1.807, 2.05) is 17.0 Å². The number of piperidine rings is 1. The van der Waals surface area contributed by atoms with Crippen LogP contribution in [0.5, 0.6) is 5.75 Å². The van der Waals surface area contributed by atoms with E-state index in [2.05, 4.69) is 9.97 Å². The molecule has 0 atom stereocenters. The number of aromatic nitrogens is 2. The van der Waals surface area contributed by atoms with Gasteiger partial charge in [0, 0.05) is 25.5 Å². The summed E-state index contributed by atoms with van der Waals surface area (Å²) < 4.78 is 0. The molecule has 0 radical (unpaired) electrons. The number of hydrogen-bond acceptors (Lipinski definition) is 4. The molecule has 1 aromatic heterocycles. The summed E-state index contributed by atoms with van der Waals surface area (Å²) in [7, 11) is 0. The largest absolute Gasteiger partial charge is 0.508 e. The molecule has 0 saturated carbocycles. The van der Waals surface area contributed by atoms with Gasteiger partial charge >= 0.3 is 0 Å². The Bertz CT molecular complexity index is 605. The second-order valence-electron chi connectivity index (χ2n) is 5.29. The molecule has 5 heteroatoms. The SMILES string of the molecule is O=C(c1cncnc1)N1CCC(c2ccc(O)cc2)CC1. The van der Waals surface area contributed by atoms with E-state index in [0.717, 1.165) is 25.9 Å². The second kappa shape index (κ2) is 5.91. The zero-order valence-electron chi connectivity index (χ0n) is 11.6. The van der Waals surface area contributed by atoms with Crippen molar-refractivity contribution in [3.63, 3.8) is 0 Å². The lowest BCUT2D eigenvalue weighted by atomic mass is 9.89. The Hall–Kier alpha value is -2.43. The van der Waals surface area contributed by atoms with Gasteiger partial charge in [0.1, 0.15) is 12.1 Å². The minimum Gasteiger partial charge on any atom is -0.508 e. The van der Waals surface area contributed by atoms with Gasteiger partial charge in [0.05, 0.1) is 5.56 Å². The van der Waals surface area contributed by atoms with Crippen molar-refractivity contribution in [3.05, 3.63) is 54.1 Å². The number of benzene rings is 1. The summed E-state index contributed by atoms with van der Waals surface area (Å²) in [6.45, 7) is 1.47. The highest BCUT2D eigenvalue weighted by Crippen LogP contribution is 2.29. The van der Waals surface area contributed by atoms with E-state index in [1.165, 1.54) is 11.9 Å². The lowest BCUT2D eigenvalue weighted by Gasteiger charge is -2.32. The molecule has 0 aliphatic carbocycles. The fourth-order valence-corrected chi connectivity index (χ4v) is 2.75. The van der Waals surface area contributed by atoms with Crippen LogP contribution in [-0.2, 0) is 0 Å². The van der Waals surface area contributed by atoms with Gasteiger partial charge in [-0.1, -0.05) is 12.1 Å². The van der Waals surface area contributed by atoms with Crippen molar-refractivity contribution in [1.29, 1.82) is 0 Å². The quantitative estimate of drug-likeness (QED) is 0.917. The predicted molar refractivity (Wildman–Crippen MR) is 78.0 cm³/mol. The van der Waals surface area contributed by atoms with Gasteiger partial charge in [-0.2, -0.15) is 0 Å². The summed E-state index contributed by atoms with van der Waals surface area (Å²) in [5.74, 6) is 0.733. The van der Waals surface area contributed by atoms with Gasteiger partial charge in [-0.25, -0.2) is 9.97 Å². The molecular formula is C16H17N3O2. The lowest BCUT2D eigenvalue weighted by molar-refractivity contribution is 0.0712. The first-order chi connectivity index (χ1) is 10.2. The molecule has 0 bridgehead atoms. The summed E-state index contributed by atoms with van der Waals surface area (Å²) in [4.78, 5) is 21.9. The Balaban J connectivity index is 1.63. The minimum atomic E-state index is -0.000226. The highest BCUT2D eigenvalue weighted by Gasteiger charge is 2.24. The lowest BCUT2D eigenvalue weighted by Crippen LogP contribution is -2.38. The molecule has 0 spiro atoms. The molecule has 1 saturated heterocycles. The van der Waals surface area contributed by atoms with Gasteiger partial charge in [-0.3, -0.25) is 4.79 Å². The number of phenols is 1. The van der Waals surface area contributed by atoms with Gasteiger partial charge in [0.25, 0.3) is 5.91 Å². The summed E-state index contributed by atoms with van der Waals surface area (Å²) >= 11 is 0. The first-order valence-electron chi connectivity index (χ1n) is 7.07. The van der Waals surface area contributed by atoms with Crippen LogP contribution in [-0.4, -0.2) is 39.0 Å². The molecule has 1 aliphatic rings. The number of aromatic hydroxyl groups is 1. The van der Waals surface area contributed by atoms with Crippen LogP contribution in [0.4, 0.5) is 0 Å². The molecule has 21 heavy (non-hydrogen) atoms. The van der Waals surface area contributed by atoms with Crippen LogP contribution in [0.2, 0.25) is 0 Å². The van der Waals surface area contributed by atoms with Gasteiger partial charge in [-0.15, -0.1) is 0 Å². The van der Waals surface area contributed by atoms with Crippen LogP contribution in [0.25, 0.3) is 0 Å². The number of likely N-dealkylation sites (tertiary alicyclic amines) is 1. The van der Waals surface area contributed by atoms with E-state index < -0.39 is 0 Å². The molecule has 1 fully saturated rings. The Kier molecular flexibility index (Phi) is 3.81. The van der Waals surface area contributed by atoms with Crippen molar-refractivity contribution in [1.82, 2.24) is 14.9 Å². The van der Waals surface area contributed by atoms with Gasteiger partial charge in [-0.05, 0) is 36.5 Å². The number of phenolic OH excluding ortho intramolecular Hbond substituents is 1. The maximum atomic E-state index is 12.3. The highest BCUT2D eigenvalue weighted by molar-refractivity contribution is 5.93. The standard InChI is InChI=1S/C16H17N3O2/c20-15-3-1-12(2-4-15)13-5-7-19(8-6-13)16(21)14-9-17-11-18-10-14/h1-4,9-11,13,20H,5-8H2. The number of carbonyl (C=O) groups excluding carboxylic acids is 1. The zero-order chi connectivity index (χ0) is 14.7. The number of rotatable bonds is 2. The molecule has 5 nitrogen and oxygen atoms in total. The Morgan fingerprint density at radius 3 is 2.33 bits per heavy atom. The maximum Gasteiger partial charge on any atom is 0.256 e. The smallest absolute Gasteiger partial charge is 0.256 e. The third-order valence-electron chi connectivity index (χ3n) is 3.95. The number of amides is 1. The third kappa shape index (κ3) is 3.02. The van der Waals surface area contributed by atoms with Crippen molar-refractivity contribution in [2.24, 2.45) is 0 Å². The fraction of sp³-hybridized carbons (Fsp3) is 0.312. The molecular weight excluding hydrogens is 266 g/mol. The normalized spacial score (nSPS) is 15.9. The minimum absolute atomic E-state index is 0.000226. The predicted octanol–water partition coefficient (Wildman–Crippen LogP) is 2.20. The average Bonchev–Trinajstić information content (AvgIpc) is 2.56. The summed E-state index contributed by atoms with van der Waals surface area (Å²) in [6, 6.07) is 7.35. The van der Waals surface area contributed by atoms with E-state index in [1.54, 1.807) is 24.5 Å². The van der Waals surface area contributed by atoms with Crippen molar-refractivity contribution >= 4 is 5.91 Å². The van der Waals surface area contributed by atoms with Crippen LogP contribution in [0.15, 0.2) is 43.0 Å². The van der Waals surface area contributed by atoms with E-state index in [4.69, 9.17) is 0 Å². The first kappa shape index (κ1) is 13.5. The van der Waals surface area contributed by atoms with E-state index >= 15 is 0 Å². The van der Waals surface area contributed by atoms with Crippen LogP contribution in [0.3, 0.4) is 0 Å². The molecule has 3 rings (SSSR count). The monoisotopic (exact) mass is 283 g/mol. The van der Waals surface area contributed by atoms with Gasteiger partial charge in [0.15, 0.2) is 0 Å². The molecule has 2 heterocycles. The van der Waals surface area contributed by atoms with Crippen LogP contribution < -0.4 is 0 Å². The highest BCUT2D eigenvalue weighted by atomic mass is 16.3. The molecule has 1 aromatic carbocycles. The summed E-state index contributed by atoms with van der Waals surface area (Å²) in [5.41, 5.74) is 1.77. The first-order valence-corrected chi connectivity index (χ1v) is 7.07. The van der Waals surface area contributed by atoms with Crippen LogP contribution in [0.1, 0.15) is 34.7 Å². The topological polar surface area (TPSA) is 66.3 Å². The number of nitrogens with zero attached hydrogens (tertiary/aromatic N) is 3. The van der Waals surface area contributed by atoms with Gasteiger partial charge < -0.3 is 10.0 Å². The fourth-order valence-electron chi connectivity index (χ4n) is 2.75. The molecule has 108 valence electrons. The average molecular weight is 283 g/mol. The zero-order valence-corrected chi connectivity index (χ0v) is 11.6. The van der Waals surface area contributed by atoms with E-state index in [0.29, 0.717) is 11.5 Å². The Morgan fingerprint density at radius 2 is 1.71 bits per heavy atom. The molecule has 2 aromatic rings. The number of hydrogen-bond donors (Lipinski definition) is 1. The molecule has 0 unspecified atom stereocenters. The molecule has 1 aliphatic heterocycles. The second-order valence-corrected chi connectivity index (χ2v) is 5.29. The number of carbonyl (C=O) groups is 1. The van der Waals surface area contributed by atoms with E-state index in [-0.39, 0.29) is 11.7 Å². The third-order valence-corrected chi connectivity index (χ3v) is 3.95. The van der Waals surface area contributed by atoms with Gasteiger partial charge in [0.2, 0.25) is 0 Å². The van der Waals surface area contributed by atoms with Crippen molar-refractivity contribution in [2.75, 3.05) is 13.1 Å². The van der Waals surface area contributed by atoms with Crippen molar-refractivity contribution in [2.45, 2.75) is 18.8 Å². The van der Waals surface area contributed by atoms with Crippen LogP contribution in [0, 0.1) is 0 Å². The summed E-state index contributed by atoms with van der Waals surface area (Å²) in [6.07, 6.45) is 6.41. The maximum absolute atomic E-state index is 12.3. The molecule has 1 N–H and O–H groups in total.